The Bertz CT molecular complexity index is 1130. The molecule has 0 aliphatic heterocycles. The predicted octanol–water partition coefficient (Wildman–Crippen LogP) is 4.38. The van der Waals surface area contributed by atoms with E-state index >= 15 is 0 Å². The topological polar surface area (TPSA) is 90.9 Å². The lowest BCUT2D eigenvalue weighted by Gasteiger charge is -2.14. The summed E-state index contributed by atoms with van der Waals surface area (Å²) < 4.78 is 13.0. The van der Waals surface area contributed by atoms with Gasteiger partial charge in [-0.15, -0.1) is 0 Å². The van der Waals surface area contributed by atoms with Gasteiger partial charge in [-0.3, -0.25) is 4.68 Å². The van der Waals surface area contributed by atoms with Crippen LogP contribution in [0.2, 0.25) is 0 Å². The highest BCUT2D eigenvalue weighted by molar-refractivity contribution is 5.91. The zero-order valence-electron chi connectivity index (χ0n) is 17.0. The minimum atomic E-state index is 0.200. The summed E-state index contributed by atoms with van der Waals surface area (Å²) in [5.74, 6) is 1.33. The Hall–Kier alpha value is -3.42. The fourth-order valence-corrected chi connectivity index (χ4v) is 3.25. The van der Waals surface area contributed by atoms with Crippen molar-refractivity contribution in [2.45, 2.75) is 40.3 Å². The number of hydrogen-bond acceptors (Lipinski definition) is 7. The molecule has 150 valence electrons. The summed E-state index contributed by atoms with van der Waals surface area (Å²) in [5.41, 5.74) is 5.13. The largest absolute Gasteiger partial charge is 0.477 e. The van der Waals surface area contributed by atoms with Crippen LogP contribution >= 0.6 is 0 Å². The predicted molar refractivity (Wildman–Crippen MR) is 111 cm³/mol. The van der Waals surface area contributed by atoms with Crippen molar-refractivity contribution in [2.75, 3.05) is 11.9 Å². The Morgan fingerprint density at radius 2 is 2.14 bits per heavy atom. The van der Waals surface area contributed by atoms with E-state index in [1.807, 2.05) is 42.8 Å². The number of anilines is 1. The fourth-order valence-electron chi connectivity index (χ4n) is 3.25. The molecule has 8 heteroatoms. The number of fused-ring (bicyclic) bond motifs is 1. The van der Waals surface area contributed by atoms with Crippen molar-refractivity contribution in [3.05, 3.63) is 48.1 Å². The summed E-state index contributed by atoms with van der Waals surface area (Å²) in [4.78, 5) is 9.19. The summed E-state index contributed by atoms with van der Waals surface area (Å²) in [6.45, 7) is 9.08. The number of rotatable bonds is 7. The van der Waals surface area contributed by atoms with Crippen molar-refractivity contribution < 1.29 is 9.26 Å². The number of hydrogen-bond donors (Lipinski definition) is 1. The first-order valence-corrected chi connectivity index (χ1v) is 9.69. The van der Waals surface area contributed by atoms with Crippen LogP contribution in [-0.2, 0) is 6.54 Å². The molecule has 0 fully saturated rings. The molecule has 8 nitrogen and oxygen atoms in total. The van der Waals surface area contributed by atoms with Crippen molar-refractivity contribution >= 4 is 16.7 Å². The molecule has 0 spiro atoms. The van der Waals surface area contributed by atoms with Crippen molar-refractivity contribution in [3.8, 4) is 17.1 Å². The van der Waals surface area contributed by atoms with Gasteiger partial charge in [0.15, 0.2) is 5.76 Å². The van der Waals surface area contributed by atoms with E-state index in [4.69, 9.17) is 14.2 Å². The molecule has 4 rings (SSSR count). The molecule has 0 unspecified atom stereocenters. The van der Waals surface area contributed by atoms with Gasteiger partial charge in [-0.05, 0) is 45.9 Å². The number of pyridine rings is 2. The molecule has 0 atom stereocenters. The van der Waals surface area contributed by atoms with Crippen LogP contribution in [0.4, 0.5) is 5.69 Å². The quantitative estimate of drug-likeness (QED) is 0.499. The Kier molecular flexibility index (Phi) is 5.16. The summed E-state index contributed by atoms with van der Waals surface area (Å²) in [6, 6.07) is 7.96. The van der Waals surface area contributed by atoms with Gasteiger partial charge in [-0.25, -0.2) is 9.97 Å². The average molecular weight is 392 g/mol. The van der Waals surface area contributed by atoms with Crippen LogP contribution in [0.15, 0.2) is 41.2 Å². The molecule has 0 amide bonds. The highest BCUT2D eigenvalue weighted by Gasteiger charge is 2.17. The standard InChI is InChI=1S/C21H24N6O2/c1-5-28-21-16(7-6-8-22-21)17-10-18(23-11-15-9-14(4)26-29-15)20-19(25-17)12-24-27(20)13(2)3/h6-10,12-13H,5,11H2,1-4H3,(H,23,25). The van der Waals surface area contributed by atoms with E-state index in [0.29, 0.717) is 19.0 Å². The summed E-state index contributed by atoms with van der Waals surface area (Å²) in [5, 5.41) is 12.0. The molecular weight excluding hydrogens is 368 g/mol. The molecule has 0 radical (unpaired) electrons. The summed E-state index contributed by atoms with van der Waals surface area (Å²) >= 11 is 0. The van der Waals surface area contributed by atoms with Crippen LogP contribution in [0, 0.1) is 6.92 Å². The summed E-state index contributed by atoms with van der Waals surface area (Å²) in [7, 11) is 0. The Morgan fingerprint density at radius 1 is 1.28 bits per heavy atom. The first-order chi connectivity index (χ1) is 14.1. The van der Waals surface area contributed by atoms with Crippen LogP contribution in [0.1, 0.15) is 38.3 Å². The molecule has 0 bridgehead atoms. The highest BCUT2D eigenvalue weighted by atomic mass is 16.5. The molecule has 0 saturated carbocycles. The van der Waals surface area contributed by atoms with Crippen molar-refractivity contribution in [1.82, 2.24) is 24.9 Å². The molecule has 29 heavy (non-hydrogen) atoms. The number of nitrogens with zero attached hydrogens (tertiary/aromatic N) is 5. The van der Waals surface area contributed by atoms with Gasteiger partial charge in [-0.2, -0.15) is 5.10 Å². The molecule has 4 aromatic rings. The maximum atomic E-state index is 5.70. The minimum Gasteiger partial charge on any atom is -0.477 e. The number of aryl methyl sites for hydroxylation is 1. The lowest BCUT2D eigenvalue weighted by Crippen LogP contribution is -2.07. The molecular formula is C21H24N6O2. The maximum Gasteiger partial charge on any atom is 0.222 e. The number of aromatic nitrogens is 5. The second-order valence-electron chi connectivity index (χ2n) is 7.05. The SMILES string of the molecule is CCOc1ncccc1-c1cc(NCc2cc(C)no2)c2c(cnn2C(C)C)n1. The third kappa shape index (κ3) is 3.78. The van der Waals surface area contributed by atoms with Crippen molar-refractivity contribution in [1.29, 1.82) is 0 Å². The van der Waals surface area contributed by atoms with Gasteiger partial charge >= 0.3 is 0 Å². The van der Waals surface area contributed by atoms with E-state index in [0.717, 1.165) is 39.4 Å². The third-order valence-electron chi connectivity index (χ3n) is 4.50. The van der Waals surface area contributed by atoms with Crippen LogP contribution in [0.25, 0.3) is 22.3 Å². The smallest absolute Gasteiger partial charge is 0.222 e. The number of nitrogens with one attached hydrogen (secondary N) is 1. The number of ether oxygens (including phenoxy) is 1. The molecule has 4 aromatic heterocycles. The first-order valence-electron chi connectivity index (χ1n) is 9.69. The minimum absolute atomic E-state index is 0.200. The first kappa shape index (κ1) is 18.9. The van der Waals surface area contributed by atoms with Crippen LogP contribution in [0.3, 0.4) is 0 Å². The average Bonchev–Trinajstić information content (AvgIpc) is 3.33. The van der Waals surface area contributed by atoms with E-state index in [1.165, 1.54) is 0 Å². The second-order valence-corrected chi connectivity index (χ2v) is 7.05. The molecule has 1 N–H and O–H groups in total. The van der Waals surface area contributed by atoms with Crippen LogP contribution < -0.4 is 10.1 Å². The van der Waals surface area contributed by atoms with E-state index in [1.54, 1.807) is 12.4 Å². The molecule has 4 heterocycles. The summed E-state index contributed by atoms with van der Waals surface area (Å²) in [6.07, 6.45) is 3.51. The zero-order valence-corrected chi connectivity index (χ0v) is 17.0. The zero-order chi connectivity index (χ0) is 20.4. The normalized spacial score (nSPS) is 11.3. The molecule has 0 aromatic carbocycles. The Morgan fingerprint density at radius 3 is 2.86 bits per heavy atom. The van der Waals surface area contributed by atoms with Gasteiger partial charge in [0.25, 0.3) is 0 Å². The maximum absolute atomic E-state index is 5.70. The van der Waals surface area contributed by atoms with Gasteiger partial charge in [0.05, 0.1) is 42.0 Å². The van der Waals surface area contributed by atoms with Crippen molar-refractivity contribution in [2.24, 2.45) is 0 Å². The Balaban J connectivity index is 1.81. The lowest BCUT2D eigenvalue weighted by molar-refractivity contribution is 0.328. The van der Waals surface area contributed by atoms with E-state index in [9.17, 15) is 0 Å². The highest BCUT2D eigenvalue weighted by Crippen LogP contribution is 2.33. The lowest BCUT2D eigenvalue weighted by atomic mass is 10.1. The molecule has 0 saturated heterocycles. The van der Waals surface area contributed by atoms with Crippen LogP contribution in [-0.4, -0.2) is 31.5 Å². The van der Waals surface area contributed by atoms with E-state index < -0.39 is 0 Å². The van der Waals surface area contributed by atoms with E-state index in [2.05, 4.69) is 34.4 Å². The third-order valence-corrected chi connectivity index (χ3v) is 4.50. The van der Waals surface area contributed by atoms with Gasteiger partial charge in [0.1, 0.15) is 11.0 Å². The van der Waals surface area contributed by atoms with Crippen LogP contribution in [0.5, 0.6) is 5.88 Å². The van der Waals surface area contributed by atoms with Gasteiger partial charge in [0.2, 0.25) is 5.88 Å². The van der Waals surface area contributed by atoms with Gasteiger partial charge in [0, 0.05) is 18.3 Å². The molecule has 0 aliphatic rings. The monoisotopic (exact) mass is 392 g/mol. The van der Waals surface area contributed by atoms with Crippen molar-refractivity contribution in [3.63, 3.8) is 0 Å². The van der Waals surface area contributed by atoms with Gasteiger partial charge < -0.3 is 14.6 Å². The van der Waals surface area contributed by atoms with Gasteiger partial charge in [-0.1, -0.05) is 5.16 Å². The van der Waals surface area contributed by atoms with E-state index in [-0.39, 0.29) is 6.04 Å². The fraction of sp³-hybridized carbons (Fsp3) is 0.333. The molecule has 0 aliphatic carbocycles. The Labute approximate surface area is 168 Å². The second kappa shape index (κ2) is 7.90.